The predicted octanol–water partition coefficient (Wildman–Crippen LogP) is 2.07. The number of H-pyrrole nitrogens is 1. The van der Waals surface area contributed by atoms with Crippen LogP contribution in [0, 0.1) is 0 Å². The first-order valence-electron chi connectivity index (χ1n) is 5.85. The van der Waals surface area contributed by atoms with Crippen LogP contribution < -0.4 is 10.1 Å². The van der Waals surface area contributed by atoms with E-state index in [0.29, 0.717) is 11.6 Å². The molecule has 0 radical (unpaired) electrons. The molecule has 0 amide bonds. The highest BCUT2D eigenvalue weighted by molar-refractivity contribution is 5.90. The number of rotatable bonds is 3. The summed E-state index contributed by atoms with van der Waals surface area (Å²) in [5.74, 6) is 1.34. The third-order valence-electron chi connectivity index (χ3n) is 2.88. The molecule has 0 unspecified atom stereocenters. The summed E-state index contributed by atoms with van der Waals surface area (Å²) in [7, 11) is 3.43. The summed E-state index contributed by atoms with van der Waals surface area (Å²) >= 11 is 0. The zero-order valence-corrected chi connectivity index (χ0v) is 10.6. The van der Waals surface area contributed by atoms with Crippen LogP contribution in [0.1, 0.15) is 0 Å². The molecule has 6 heteroatoms. The lowest BCUT2D eigenvalue weighted by atomic mass is 10.1. The summed E-state index contributed by atoms with van der Waals surface area (Å²) < 4.78 is 5.24. The van der Waals surface area contributed by atoms with Gasteiger partial charge in [0, 0.05) is 12.6 Å². The molecular weight excluding hydrogens is 242 g/mol. The number of benzene rings is 1. The number of aromatic nitrogens is 4. The van der Waals surface area contributed by atoms with E-state index in [2.05, 4.69) is 25.5 Å². The number of nitrogens with one attached hydrogen (secondary N) is 2. The minimum Gasteiger partial charge on any atom is -0.497 e. The van der Waals surface area contributed by atoms with E-state index in [0.717, 1.165) is 22.4 Å². The molecule has 0 saturated heterocycles. The first-order valence-corrected chi connectivity index (χ1v) is 5.85. The van der Waals surface area contributed by atoms with E-state index < -0.39 is 0 Å². The Balaban J connectivity index is 2.24. The molecule has 0 aliphatic heterocycles. The van der Waals surface area contributed by atoms with E-state index in [1.54, 1.807) is 20.4 Å². The van der Waals surface area contributed by atoms with Crippen LogP contribution in [0.5, 0.6) is 5.75 Å². The highest BCUT2D eigenvalue weighted by Gasteiger charge is 2.11. The quantitative estimate of drug-likeness (QED) is 0.749. The maximum absolute atomic E-state index is 5.24. The van der Waals surface area contributed by atoms with Crippen LogP contribution >= 0.6 is 0 Å². The molecule has 0 saturated carbocycles. The number of ether oxygens (including phenoxy) is 1. The van der Waals surface area contributed by atoms with Gasteiger partial charge < -0.3 is 10.1 Å². The summed E-state index contributed by atoms with van der Waals surface area (Å²) in [6, 6.07) is 7.75. The fraction of sp³-hybridized carbons (Fsp3) is 0.154. The number of anilines is 1. The minimum atomic E-state index is 0.551. The van der Waals surface area contributed by atoms with Crippen LogP contribution in [0.15, 0.2) is 30.5 Å². The second-order valence-corrected chi connectivity index (χ2v) is 4.01. The second-order valence-electron chi connectivity index (χ2n) is 4.01. The summed E-state index contributed by atoms with van der Waals surface area (Å²) in [6.45, 7) is 0. The maximum Gasteiger partial charge on any atom is 0.225 e. The van der Waals surface area contributed by atoms with Crippen LogP contribution in [-0.4, -0.2) is 34.3 Å². The van der Waals surface area contributed by atoms with Gasteiger partial charge in [-0.05, 0) is 12.1 Å². The van der Waals surface area contributed by atoms with Gasteiger partial charge in [-0.3, -0.25) is 5.10 Å². The van der Waals surface area contributed by atoms with E-state index in [4.69, 9.17) is 4.74 Å². The molecule has 2 heterocycles. The van der Waals surface area contributed by atoms with E-state index in [-0.39, 0.29) is 0 Å². The monoisotopic (exact) mass is 255 g/mol. The number of nitrogens with zero attached hydrogens (tertiary/aromatic N) is 3. The van der Waals surface area contributed by atoms with Crippen molar-refractivity contribution in [1.29, 1.82) is 0 Å². The van der Waals surface area contributed by atoms with Crippen molar-refractivity contribution in [2.24, 2.45) is 0 Å². The Hall–Kier alpha value is -2.63. The Bertz CT molecular complexity index is 722. The van der Waals surface area contributed by atoms with Gasteiger partial charge in [0.1, 0.15) is 5.75 Å². The van der Waals surface area contributed by atoms with Crippen molar-refractivity contribution in [2.45, 2.75) is 0 Å². The van der Waals surface area contributed by atoms with Crippen molar-refractivity contribution < 1.29 is 4.74 Å². The van der Waals surface area contributed by atoms with E-state index in [1.807, 2.05) is 24.3 Å². The zero-order valence-electron chi connectivity index (χ0n) is 10.6. The Morgan fingerprint density at radius 1 is 1.26 bits per heavy atom. The van der Waals surface area contributed by atoms with Crippen LogP contribution in [0.3, 0.4) is 0 Å². The molecule has 2 aromatic heterocycles. The Morgan fingerprint density at radius 2 is 2.16 bits per heavy atom. The molecule has 96 valence electrons. The van der Waals surface area contributed by atoms with Gasteiger partial charge in [0.25, 0.3) is 0 Å². The van der Waals surface area contributed by atoms with Gasteiger partial charge in [-0.25, -0.2) is 4.98 Å². The summed E-state index contributed by atoms with van der Waals surface area (Å²) in [5.41, 5.74) is 2.49. The van der Waals surface area contributed by atoms with Gasteiger partial charge in [-0.15, -0.1) is 0 Å². The van der Waals surface area contributed by atoms with Crippen LogP contribution in [0.25, 0.3) is 22.3 Å². The lowest BCUT2D eigenvalue weighted by molar-refractivity contribution is 0.415. The van der Waals surface area contributed by atoms with Crippen molar-refractivity contribution in [2.75, 3.05) is 19.5 Å². The first-order chi connectivity index (χ1) is 9.31. The number of hydrogen-bond acceptors (Lipinski definition) is 5. The largest absolute Gasteiger partial charge is 0.497 e. The first kappa shape index (κ1) is 11.5. The zero-order chi connectivity index (χ0) is 13.2. The fourth-order valence-electron chi connectivity index (χ4n) is 1.94. The molecule has 0 aliphatic rings. The Kier molecular flexibility index (Phi) is 2.75. The third kappa shape index (κ3) is 1.97. The van der Waals surface area contributed by atoms with Gasteiger partial charge in [0.15, 0.2) is 5.65 Å². The summed E-state index contributed by atoms with van der Waals surface area (Å²) in [4.78, 5) is 8.81. The van der Waals surface area contributed by atoms with Gasteiger partial charge >= 0.3 is 0 Å². The molecule has 3 aromatic rings. The third-order valence-corrected chi connectivity index (χ3v) is 2.88. The normalized spacial score (nSPS) is 10.6. The molecule has 0 bridgehead atoms. The molecule has 1 aromatic carbocycles. The average Bonchev–Trinajstić information content (AvgIpc) is 2.94. The molecule has 6 nitrogen and oxygen atoms in total. The van der Waals surface area contributed by atoms with Gasteiger partial charge in [-0.2, -0.15) is 10.1 Å². The predicted molar refractivity (Wildman–Crippen MR) is 73.2 cm³/mol. The number of aromatic amines is 1. The van der Waals surface area contributed by atoms with Crippen molar-refractivity contribution >= 4 is 17.0 Å². The SMILES string of the molecule is CNc1nc(-c2cccc(OC)c2)c2cn[nH]c2n1. The van der Waals surface area contributed by atoms with Crippen LogP contribution in [-0.2, 0) is 0 Å². The fourth-order valence-corrected chi connectivity index (χ4v) is 1.94. The molecule has 0 aliphatic carbocycles. The molecule has 3 rings (SSSR count). The second kappa shape index (κ2) is 4.56. The molecule has 19 heavy (non-hydrogen) atoms. The van der Waals surface area contributed by atoms with Gasteiger partial charge in [-0.1, -0.05) is 12.1 Å². The van der Waals surface area contributed by atoms with Crippen LogP contribution in [0.4, 0.5) is 5.95 Å². The highest BCUT2D eigenvalue weighted by atomic mass is 16.5. The van der Waals surface area contributed by atoms with Crippen molar-refractivity contribution in [1.82, 2.24) is 20.2 Å². The lowest BCUT2D eigenvalue weighted by Crippen LogP contribution is -1.98. The molecule has 2 N–H and O–H groups in total. The molecular formula is C13H13N5O. The smallest absolute Gasteiger partial charge is 0.225 e. The summed E-state index contributed by atoms with van der Waals surface area (Å²) in [6.07, 6.45) is 1.73. The maximum atomic E-state index is 5.24. The van der Waals surface area contributed by atoms with Crippen LogP contribution in [0.2, 0.25) is 0 Å². The number of methoxy groups -OCH3 is 1. The number of hydrogen-bond donors (Lipinski definition) is 2. The van der Waals surface area contributed by atoms with E-state index in [9.17, 15) is 0 Å². The Labute approximate surface area is 109 Å². The summed E-state index contributed by atoms with van der Waals surface area (Å²) in [5, 5.41) is 10.7. The van der Waals surface area contributed by atoms with Gasteiger partial charge in [0.2, 0.25) is 5.95 Å². The van der Waals surface area contributed by atoms with E-state index in [1.165, 1.54) is 0 Å². The van der Waals surface area contributed by atoms with Gasteiger partial charge in [0.05, 0.1) is 24.4 Å². The van der Waals surface area contributed by atoms with E-state index >= 15 is 0 Å². The van der Waals surface area contributed by atoms with Crippen molar-refractivity contribution in [3.05, 3.63) is 30.5 Å². The Morgan fingerprint density at radius 3 is 2.95 bits per heavy atom. The van der Waals surface area contributed by atoms with Crippen molar-refractivity contribution in [3.8, 4) is 17.0 Å². The van der Waals surface area contributed by atoms with Crippen molar-refractivity contribution in [3.63, 3.8) is 0 Å². The minimum absolute atomic E-state index is 0.551. The topological polar surface area (TPSA) is 75.7 Å². The number of fused-ring (bicyclic) bond motifs is 1. The molecule has 0 atom stereocenters. The highest BCUT2D eigenvalue weighted by Crippen LogP contribution is 2.28. The molecule has 0 fully saturated rings. The standard InChI is InChI=1S/C13H13N5O/c1-14-13-16-11(10-7-15-18-12(10)17-13)8-4-3-5-9(6-8)19-2/h3-7H,1-2H3,(H2,14,15,16,17,18). The molecule has 0 spiro atoms. The average molecular weight is 255 g/mol. The lowest BCUT2D eigenvalue weighted by Gasteiger charge is -2.07.